The lowest BCUT2D eigenvalue weighted by molar-refractivity contribution is -0.0142. The molecule has 0 N–H and O–H groups in total. The van der Waals surface area contributed by atoms with Crippen LogP contribution < -0.4 is 0 Å². The number of thiazole rings is 1. The van der Waals surface area contributed by atoms with Crippen molar-refractivity contribution in [3.8, 4) is 6.07 Å². The van der Waals surface area contributed by atoms with E-state index in [1.54, 1.807) is 11.3 Å². The summed E-state index contributed by atoms with van der Waals surface area (Å²) < 4.78 is 5.57. The highest BCUT2D eigenvalue weighted by molar-refractivity contribution is 7.09. The number of hydrogen-bond acceptors (Lipinski definition) is 4. The van der Waals surface area contributed by atoms with E-state index in [4.69, 9.17) is 10.00 Å². The molecular formula is C10H14N2OS. The molecule has 0 aliphatic rings. The predicted octanol–water partition coefficient (Wildman–Crippen LogP) is 2.48. The highest BCUT2D eigenvalue weighted by Gasteiger charge is 2.24. The summed E-state index contributed by atoms with van der Waals surface area (Å²) in [6, 6.07) is 2.08. The molecule has 0 spiro atoms. The predicted molar refractivity (Wildman–Crippen MR) is 56.1 cm³/mol. The quantitative estimate of drug-likeness (QED) is 0.767. The van der Waals surface area contributed by atoms with Gasteiger partial charge in [0.2, 0.25) is 0 Å². The molecule has 0 saturated heterocycles. The van der Waals surface area contributed by atoms with Crippen molar-refractivity contribution in [3.05, 3.63) is 16.1 Å². The van der Waals surface area contributed by atoms with E-state index in [9.17, 15) is 0 Å². The van der Waals surface area contributed by atoms with E-state index in [0.29, 0.717) is 13.0 Å². The van der Waals surface area contributed by atoms with Crippen molar-refractivity contribution in [2.24, 2.45) is 0 Å². The average molecular weight is 210 g/mol. The number of aromatic nitrogens is 1. The van der Waals surface area contributed by atoms with E-state index in [1.165, 1.54) is 0 Å². The Balaban J connectivity index is 2.80. The van der Waals surface area contributed by atoms with E-state index in [1.807, 2.05) is 26.2 Å². The van der Waals surface area contributed by atoms with Gasteiger partial charge in [-0.2, -0.15) is 5.26 Å². The van der Waals surface area contributed by atoms with Gasteiger partial charge in [-0.25, -0.2) is 4.98 Å². The van der Waals surface area contributed by atoms with E-state index in [2.05, 4.69) is 11.1 Å². The molecule has 0 atom stereocenters. The molecule has 0 aromatic carbocycles. The molecule has 1 rings (SSSR count). The van der Waals surface area contributed by atoms with Gasteiger partial charge in [-0.15, -0.1) is 11.3 Å². The lowest BCUT2D eigenvalue weighted by Gasteiger charge is -2.21. The van der Waals surface area contributed by atoms with Gasteiger partial charge >= 0.3 is 0 Å². The van der Waals surface area contributed by atoms with Crippen LogP contribution in [0.25, 0.3) is 0 Å². The highest BCUT2D eigenvalue weighted by Crippen LogP contribution is 2.27. The molecule has 76 valence electrons. The smallest absolute Gasteiger partial charge is 0.124 e. The Bertz CT molecular complexity index is 338. The van der Waals surface area contributed by atoms with Gasteiger partial charge in [-0.05, 0) is 20.8 Å². The van der Waals surface area contributed by atoms with Crippen LogP contribution in [0.5, 0.6) is 0 Å². The van der Waals surface area contributed by atoms with Gasteiger partial charge in [0.25, 0.3) is 0 Å². The minimum Gasteiger partial charge on any atom is -0.369 e. The van der Waals surface area contributed by atoms with Gasteiger partial charge in [0.1, 0.15) is 10.6 Å². The maximum atomic E-state index is 8.52. The van der Waals surface area contributed by atoms with Crippen molar-refractivity contribution in [2.75, 3.05) is 6.61 Å². The topological polar surface area (TPSA) is 45.9 Å². The molecule has 0 saturated carbocycles. The minimum atomic E-state index is -0.340. The largest absolute Gasteiger partial charge is 0.369 e. The maximum absolute atomic E-state index is 8.52. The zero-order valence-electron chi connectivity index (χ0n) is 8.70. The molecule has 14 heavy (non-hydrogen) atoms. The highest BCUT2D eigenvalue weighted by atomic mass is 32.1. The Morgan fingerprint density at radius 1 is 1.64 bits per heavy atom. The fraction of sp³-hybridized carbons (Fsp3) is 0.600. The Kier molecular flexibility index (Phi) is 3.62. The average Bonchev–Trinajstić information content (AvgIpc) is 2.54. The van der Waals surface area contributed by atoms with E-state index < -0.39 is 0 Å². The Hall–Kier alpha value is -0.920. The summed E-state index contributed by atoms with van der Waals surface area (Å²) >= 11 is 1.55. The summed E-state index contributed by atoms with van der Waals surface area (Å²) in [6.45, 7) is 6.61. The normalized spacial score (nSPS) is 11.3. The first kappa shape index (κ1) is 11.2. The second-order valence-electron chi connectivity index (χ2n) is 3.42. The number of ether oxygens (including phenoxy) is 1. The Morgan fingerprint density at radius 3 is 2.93 bits per heavy atom. The van der Waals surface area contributed by atoms with Gasteiger partial charge in [-0.1, -0.05) is 0 Å². The SMILES string of the molecule is CCOC(C)(C)c1nc(CC#N)cs1. The van der Waals surface area contributed by atoms with E-state index in [0.717, 1.165) is 10.7 Å². The van der Waals surface area contributed by atoms with E-state index in [-0.39, 0.29) is 5.60 Å². The van der Waals surface area contributed by atoms with Crippen molar-refractivity contribution in [1.82, 2.24) is 4.98 Å². The third kappa shape index (κ3) is 2.53. The van der Waals surface area contributed by atoms with E-state index >= 15 is 0 Å². The Morgan fingerprint density at radius 2 is 2.36 bits per heavy atom. The standard InChI is InChI=1S/C10H14N2OS/c1-4-13-10(2,3)9-12-8(5-6-11)7-14-9/h7H,4-5H2,1-3H3. The van der Waals surface area contributed by atoms with Crippen LogP contribution in [0.4, 0.5) is 0 Å². The van der Waals surface area contributed by atoms with Crippen LogP contribution in [-0.4, -0.2) is 11.6 Å². The van der Waals surface area contributed by atoms with Gasteiger partial charge in [0.05, 0.1) is 18.2 Å². The van der Waals surface area contributed by atoms with Gasteiger partial charge in [0.15, 0.2) is 0 Å². The summed E-state index contributed by atoms with van der Waals surface area (Å²) in [6.07, 6.45) is 0.374. The van der Waals surface area contributed by atoms with Gasteiger partial charge in [-0.3, -0.25) is 0 Å². The summed E-state index contributed by atoms with van der Waals surface area (Å²) in [4.78, 5) is 4.36. The van der Waals surface area contributed by atoms with Crippen LogP contribution in [-0.2, 0) is 16.8 Å². The second-order valence-corrected chi connectivity index (χ2v) is 4.28. The third-order valence-corrected chi connectivity index (χ3v) is 3.03. The van der Waals surface area contributed by atoms with Crippen molar-refractivity contribution < 1.29 is 4.74 Å². The first-order valence-electron chi connectivity index (χ1n) is 4.56. The molecule has 0 radical (unpaired) electrons. The molecule has 0 unspecified atom stereocenters. The van der Waals surface area contributed by atoms with Gasteiger partial charge < -0.3 is 4.74 Å². The van der Waals surface area contributed by atoms with Crippen molar-refractivity contribution >= 4 is 11.3 Å². The number of nitrogens with zero attached hydrogens (tertiary/aromatic N) is 2. The summed E-state index contributed by atoms with van der Waals surface area (Å²) in [5.74, 6) is 0. The monoisotopic (exact) mass is 210 g/mol. The molecule has 0 aliphatic carbocycles. The first-order chi connectivity index (χ1) is 6.60. The zero-order chi connectivity index (χ0) is 10.6. The number of hydrogen-bond donors (Lipinski definition) is 0. The van der Waals surface area contributed by atoms with Crippen LogP contribution in [0.1, 0.15) is 31.5 Å². The van der Waals surface area contributed by atoms with Crippen molar-refractivity contribution in [2.45, 2.75) is 32.8 Å². The molecule has 4 heteroatoms. The number of rotatable bonds is 4. The molecular weight excluding hydrogens is 196 g/mol. The molecule has 0 fully saturated rings. The minimum absolute atomic E-state index is 0.340. The summed E-state index contributed by atoms with van der Waals surface area (Å²) in [5.41, 5.74) is 0.493. The van der Waals surface area contributed by atoms with Crippen LogP contribution in [0.15, 0.2) is 5.38 Å². The van der Waals surface area contributed by atoms with Crippen LogP contribution in [0, 0.1) is 11.3 Å². The lowest BCUT2D eigenvalue weighted by Crippen LogP contribution is -2.21. The lowest BCUT2D eigenvalue weighted by atomic mass is 10.1. The van der Waals surface area contributed by atoms with Crippen molar-refractivity contribution in [3.63, 3.8) is 0 Å². The molecule has 0 aliphatic heterocycles. The van der Waals surface area contributed by atoms with Gasteiger partial charge in [0, 0.05) is 12.0 Å². The van der Waals surface area contributed by atoms with Crippen LogP contribution in [0.3, 0.4) is 0 Å². The summed E-state index contributed by atoms with van der Waals surface area (Å²) in [5, 5.41) is 11.4. The fourth-order valence-electron chi connectivity index (χ4n) is 1.17. The van der Waals surface area contributed by atoms with Crippen molar-refractivity contribution in [1.29, 1.82) is 5.26 Å². The van der Waals surface area contributed by atoms with Crippen LogP contribution >= 0.6 is 11.3 Å². The molecule has 3 nitrogen and oxygen atoms in total. The molecule has 1 aromatic heterocycles. The fourth-order valence-corrected chi connectivity index (χ4v) is 2.06. The molecule has 1 heterocycles. The van der Waals surface area contributed by atoms with Crippen LogP contribution in [0.2, 0.25) is 0 Å². The molecule has 0 amide bonds. The number of nitriles is 1. The Labute approximate surface area is 88.4 Å². The summed E-state index contributed by atoms with van der Waals surface area (Å²) in [7, 11) is 0. The molecule has 1 aromatic rings. The first-order valence-corrected chi connectivity index (χ1v) is 5.44. The maximum Gasteiger partial charge on any atom is 0.124 e. The zero-order valence-corrected chi connectivity index (χ0v) is 9.52. The second kappa shape index (κ2) is 4.54. The third-order valence-electron chi connectivity index (χ3n) is 1.83. The molecule has 0 bridgehead atoms.